The van der Waals surface area contributed by atoms with Crippen molar-refractivity contribution in [3.8, 4) is 0 Å². The van der Waals surface area contributed by atoms with Gasteiger partial charge in [0.2, 0.25) is 10.0 Å². The van der Waals surface area contributed by atoms with Crippen molar-refractivity contribution in [2.75, 3.05) is 52.6 Å². The number of piperidine rings is 1. The van der Waals surface area contributed by atoms with Crippen LogP contribution < -0.4 is 10.6 Å². The molecular weight excluding hydrogens is 505 g/mol. The van der Waals surface area contributed by atoms with Crippen molar-refractivity contribution in [2.24, 2.45) is 10.9 Å². The molecule has 0 saturated carbocycles. The van der Waals surface area contributed by atoms with Gasteiger partial charge in [-0.3, -0.25) is 9.89 Å². The van der Waals surface area contributed by atoms with Crippen molar-refractivity contribution in [3.05, 3.63) is 24.2 Å². The third kappa shape index (κ3) is 7.11. The first-order valence-corrected chi connectivity index (χ1v) is 12.0. The Morgan fingerprint density at radius 1 is 1.24 bits per heavy atom. The fourth-order valence-corrected chi connectivity index (χ4v) is 4.92. The molecule has 2 aliphatic rings. The highest BCUT2D eigenvalue weighted by molar-refractivity contribution is 14.0. The zero-order valence-electron chi connectivity index (χ0n) is 17.3. The molecule has 8 nitrogen and oxygen atoms in total. The Morgan fingerprint density at radius 3 is 2.48 bits per heavy atom. The van der Waals surface area contributed by atoms with E-state index in [9.17, 15) is 8.42 Å². The van der Waals surface area contributed by atoms with Crippen LogP contribution in [0.5, 0.6) is 0 Å². The molecule has 0 spiro atoms. The average Bonchev–Trinajstić information content (AvgIpc) is 3.38. The largest absolute Gasteiger partial charge is 0.468 e. The predicted octanol–water partition coefficient (Wildman–Crippen LogP) is 1.87. The van der Waals surface area contributed by atoms with Gasteiger partial charge < -0.3 is 15.1 Å². The van der Waals surface area contributed by atoms with E-state index in [2.05, 4.69) is 20.5 Å². The molecule has 2 fully saturated rings. The van der Waals surface area contributed by atoms with E-state index in [-0.39, 0.29) is 30.0 Å². The van der Waals surface area contributed by atoms with Gasteiger partial charge in [0.15, 0.2) is 5.96 Å². The number of likely N-dealkylation sites (tertiary alicyclic amines) is 1. The first-order chi connectivity index (χ1) is 13.5. The van der Waals surface area contributed by atoms with Gasteiger partial charge in [0, 0.05) is 33.2 Å². The third-order valence-corrected chi connectivity index (χ3v) is 7.04. The van der Waals surface area contributed by atoms with E-state index >= 15 is 0 Å². The van der Waals surface area contributed by atoms with Crippen molar-refractivity contribution >= 4 is 40.0 Å². The molecule has 0 aromatic carbocycles. The van der Waals surface area contributed by atoms with Gasteiger partial charge in [-0.05, 0) is 56.8 Å². The van der Waals surface area contributed by atoms with Crippen LogP contribution in [-0.2, 0) is 10.0 Å². The van der Waals surface area contributed by atoms with Gasteiger partial charge in [-0.1, -0.05) is 0 Å². The first-order valence-electron chi connectivity index (χ1n) is 10.1. The second-order valence-electron chi connectivity index (χ2n) is 7.71. The maximum absolute atomic E-state index is 11.6. The van der Waals surface area contributed by atoms with Crippen molar-refractivity contribution < 1.29 is 12.8 Å². The highest BCUT2D eigenvalue weighted by Gasteiger charge is 2.27. The summed E-state index contributed by atoms with van der Waals surface area (Å²) in [5.74, 6) is 2.22. The molecule has 0 radical (unpaired) electrons. The van der Waals surface area contributed by atoms with Crippen LogP contribution in [-0.4, -0.2) is 76.2 Å². The Morgan fingerprint density at radius 2 is 1.93 bits per heavy atom. The van der Waals surface area contributed by atoms with Gasteiger partial charge in [-0.2, -0.15) is 0 Å². The lowest BCUT2D eigenvalue weighted by atomic mass is 9.98. The standard InChI is InChI=1S/C19H33N5O3S.HI/c1-20-19(21-14-16-7-11-24(12-8-16)28(2,25)26)22-15-17(18-6-5-13-27-18)23-9-3-4-10-23;/h5-6,13,16-17H,3-4,7-12,14-15H2,1-2H3,(H2,20,21,22);1H. The minimum atomic E-state index is -3.07. The minimum absolute atomic E-state index is 0. The Hall–Kier alpha value is -0.850. The number of aliphatic imine (C=N–C) groups is 1. The van der Waals surface area contributed by atoms with Gasteiger partial charge in [-0.15, -0.1) is 24.0 Å². The molecule has 3 rings (SSSR count). The molecule has 1 atom stereocenters. The number of sulfonamides is 1. The second kappa shape index (κ2) is 11.5. The van der Waals surface area contributed by atoms with Crippen molar-refractivity contribution in [1.29, 1.82) is 0 Å². The SMILES string of the molecule is CN=C(NCC1CCN(S(C)(=O)=O)CC1)NCC(c1ccco1)N1CCCC1.I. The molecule has 166 valence electrons. The number of guanidine groups is 1. The number of nitrogens with one attached hydrogen (secondary N) is 2. The van der Waals surface area contributed by atoms with Gasteiger partial charge in [0.05, 0.1) is 18.6 Å². The molecule has 10 heteroatoms. The lowest BCUT2D eigenvalue weighted by Gasteiger charge is -2.31. The fraction of sp³-hybridized carbons (Fsp3) is 0.737. The van der Waals surface area contributed by atoms with Crippen LogP contribution in [0.3, 0.4) is 0 Å². The number of hydrogen-bond donors (Lipinski definition) is 2. The van der Waals surface area contributed by atoms with Crippen LogP contribution in [0.15, 0.2) is 27.8 Å². The molecule has 2 aliphatic heterocycles. The summed E-state index contributed by atoms with van der Waals surface area (Å²) in [6.07, 6.45) is 7.23. The number of rotatable bonds is 7. The Kier molecular flexibility index (Phi) is 9.70. The Balaban J connectivity index is 0.00000300. The Bertz CT molecular complexity index is 727. The molecule has 0 amide bonds. The summed E-state index contributed by atoms with van der Waals surface area (Å²) in [6, 6.07) is 4.18. The number of halogens is 1. The predicted molar refractivity (Wildman–Crippen MR) is 126 cm³/mol. The maximum Gasteiger partial charge on any atom is 0.211 e. The summed E-state index contributed by atoms with van der Waals surface area (Å²) in [5.41, 5.74) is 0. The van der Waals surface area contributed by atoms with Crippen LogP contribution in [0.1, 0.15) is 37.5 Å². The molecular formula is C19H34IN5O3S. The van der Waals surface area contributed by atoms with Crippen molar-refractivity contribution in [1.82, 2.24) is 19.8 Å². The van der Waals surface area contributed by atoms with E-state index in [0.29, 0.717) is 19.0 Å². The monoisotopic (exact) mass is 539 g/mol. The molecule has 0 bridgehead atoms. The van der Waals surface area contributed by atoms with Crippen LogP contribution >= 0.6 is 24.0 Å². The number of nitrogens with zero attached hydrogens (tertiary/aromatic N) is 3. The molecule has 1 aromatic heterocycles. The topological polar surface area (TPSA) is 90.2 Å². The highest BCUT2D eigenvalue weighted by Crippen LogP contribution is 2.25. The zero-order valence-corrected chi connectivity index (χ0v) is 20.5. The number of furan rings is 1. The average molecular weight is 539 g/mol. The van der Waals surface area contributed by atoms with Gasteiger partial charge >= 0.3 is 0 Å². The molecule has 1 unspecified atom stereocenters. The summed E-state index contributed by atoms with van der Waals surface area (Å²) < 4.78 is 30.5. The zero-order chi connectivity index (χ0) is 20.0. The van der Waals surface area contributed by atoms with E-state index in [0.717, 1.165) is 50.7 Å². The quantitative estimate of drug-likeness (QED) is 0.313. The maximum atomic E-state index is 11.6. The third-order valence-electron chi connectivity index (χ3n) is 5.74. The van der Waals surface area contributed by atoms with E-state index in [4.69, 9.17) is 4.42 Å². The first kappa shape index (κ1) is 24.4. The number of hydrogen-bond acceptors (Lipinski definition) is 5. The van der Waals surface area contributed by atoms with Crippen LogP contribution in [0, 0.1) is 5.92 Å². The summed E-state index contributed by atoms with van der Waals surface area (Å²) in [4.78, 5) is 6.80. The molecule has 29 heavy (non-hydrogen) atoms. The highest BCUT2D eigenvalue weighted by atomic mass is 127. The molecule has 1 aromatic rings. The summed E-state index contributed by atoms with van der Waals surface area (Å²) in [5, 5.41) is 6.84. The molecule has 3 heterocycles. The normalized spacial score (nSPS) is 21.0. The summed E-state index contributed by atoms with van der Waals surface area (Å²) >= 11 is 0. The van der Waals surface area contributed by atoms with E-state index < -0.39 is 10.0 Å². The lowest BCUT2D eigenvalue weighted by molar-refractivity contribution is 0.215. The smallest absolute Gasteiger partial charge is 0.211 e. The van der Waals surface area contributed by atoms with Gasteiger partial charge in [-0.25, -0.2) is 12.7 Å². The summed E-state index contributed by atoms with van der Waals surface area (Å²) in [6.45, 7) is 4.93. The minimum Gasteiger partial charge on any atom is -0.468 e. The van der Waals surface area contributed by atoms with E-state index in [1.807, 2.05) is 12.1 Å². The molecule has 2 N–H and O–H groups in total. The summed E-state index contributed by atoms with van der Waals surface area (Å²) in [7, 11) is -1.29. The molecule has 0 aliphatic carbocycles. The van der Waals surface area contributed by atoms with Crippen molar-refractivity contribution in [2.45, 2.75) is 31.7 Å². The van der Waals surface area contributed by atoms with Crippen LogP contribution in [0.4, 0.5) is 0 Å². The second-order valence-corrected chi connectivity index (χ2v) is 9.70. The van der Waals surface area contributed by atoms with Crippen LogP contribution in [0.2, 0.25) is 0 Å². The van der Waals surface area contributed by atoms with E-state index in [1.54, 1.807) is 17.6 Å². The van der Waals surface area contributed by atoms with Crippen LogP contribution in [0.25, 0.3) is 0 Å². The lowest BCUT2D eigenvalue weighted by Crippen LogP contribution is -2.45. The molecule has 2 saturated heterocycles. The Labute approximate surface area is 191 Å². The van der Waals surface area contributed by atoms with Crippen molar-refractivity contribution in [3.63, 3.8) is 0 Å². The van der Waals surface area contributed by atoms with Gasteiger partial charge in [0.25, 0.3) is 0 Å². The van der Waals surface area contributed by atoms with Gasteiger partial charge in [0.1, 0.15) is 5.76 Å². The van der Waals surface area contributed by atoms with E-state index in [1.165, 1.54) is 19.1 Å². The fourth-order valence-electron chi connectivity index (χ4n) is 4.04.